The molecule has 0 saturated carbocycles. The van der Waals surface area contributed by atoms with Crippen LogP contribution in [0, 0.1) is 0 Å². The molecule has 0 aliphatic carbocycles. The van der Waals surface area contributed by atoms with Gasteiger partial charge in [0.05, 0.1) is 12.3 Å². The van der Waals surface area contributed by atoms with E-state index in [0.29, 0.717) is 17.9 Å². The lowest BCUT2D eigenvalue weighted by Gasteiger charge is -2.09. The average Bonchev–Trinajstić information content (AvgIpc) is 2.85. The zero-order valence-electron chi connectivity index (χ0n) is 19.9. The fourth-order valence-electron chi connectivity index (χ4n) is 2.79. The molecule has 0 aliphatic rings. The molecule has 0 N–H and O–H groups in total. The number of carbonyl (C=O) groups is 2. The van der Waals surface area contributed by atoms with Crippen LogP contribution < -0.4 is 14.2 Å². The Morgan fingerprint density at radius 1 is 0.829 bits per heavy atom. The van der Waals surface area contributed by atoms with Crippen LogP contribution in [0.1, 0.15) is 38.2 Å². The van der Waals surface area contributed by atoms with Gasteiger partial charge in [0.25, 0.3) is 0 Å². The molecule has 0 saturated heterocycles. The molecule has 0 aromatic heterocycles. The molecule has 0 unspecified atom stereocenters. The molecule has 0 radical (unpaired) electrons. The molecular weight excluding hydrogens is 450 g/mol. The maximum Gasteiger partial charge on any atom is 0.514 e. The van der Waals surface area contributed by atoms with Crippen molar-refractivity contribution in [2.75, 3.05) is 19.8 Å². The number of benzene rings is 2. The van der Waals surface area contributed by atoms with Gasteiger partial charge >= 0.3 is 12.3 Å². The van der Waals surface area contributed by atoms with E-state index in [9.17, 15) is 9.59 Å². The molecule has 0 heterocycles. The summed E-state index contributed by atoms with van der Waals surface area (Å²) in [6.45, 7) is 9.79. The van der Waals surface area contributed by atoms with Crippen molar-refractivity contribution in [2.45, 2.75) is 32.6 Å². The van der Waals surface area contributed by atoms with E-state index in [4.69, 9.17) is 23.7 Å². The molecule has 186 valence electrons. The second-order valence-corrected chi connectivity index (χ2v) is 7.30. The zero-order chi connectivity index (χ0) is 25.3. The number of ether oxygens (including phenoxy) is 5. The highest BCUT2D eigenvalue weighted by atomic mass is 16.7. The lowest BCUT2D eigenvalue weighted by molar-refractivity contribution is 0.108. The number of unbranched alkanes of at least 4 members (excludes halogenated alkanes) is 3. The molecule has 8 nitrogen and oxygen atoms in total. The van der Waals surface area contributed by atoms with Crippen LogP contribution in [0.3, 0.4) is 0 Å². The van der Waals surface area contributed by atoms with Crippen LogP contribution in [-0.4, -0.2) is 38.3 Å². The van der Waals surface area contributed by atoms with Crippen LogP contribution in [-0.2, 0) is 9.47 Å². The first-order valence-corrected chi connectivity index (χ1v) is 11.4. The third kappa shape index (κ3) is 11.1. The Kier molecular flexibility index (Phi) is 12.2. The van der Waals surface area contributed by atoms with Crippen molar-refractivity contribution in [2.24, 2.45) is 4.99 Å². The van der Waals surface area contributed by atoms with E-state index in [1.54, 1.807) is 18.3 Å². The summed E-state index contributed by atoms with van der Waals surface area (Å²) >= 11 is 0. The predicted molar refractivity (Wildman–Crippen MR) is 134 cm³/mol. The highest BCUT2D eigenvalue weighted by Crippen LogP contribution is 2.24. The monoisotopic (exact) mass is 481 g/mol. The average molecular weight is 482 g/mol. The van der Waals surface area contributed by atoms with Gasteiger partial charge < -0.3 is 23.7 Å². The van der Waals surface area contributed by atoms with Gasteiger partial charge in [0.2, 0.25) is 0 Å². The SMILES string of the molecule is C=CCOC(=O)Oc1cc(C=Nc2ccc(OCCCCCC)cc2)cc(OC(=O)OCC=C)c1. The number of hydrogen-bond donors (Lipinski definition) is 0. The second-order valence-electron chi connectivity index (χ2n) is 7.30. The zero-order valence-corrected chi connectivity index (χ0v) is 19.9. The van der Waals surface area contributed by atoms with Crippen molar-refractivity contribution in [1.29, 1.82) is 0 Å². The summed E-state index contributed by atoms with van der Waals surface area (Å²) in [4.78, 5) is 28.1. The Bertz CT molecular complexity index is 955. The van der Waals surface area contributed by atoms with Crippen LogP contribution in [0.4, 0.5) is 15.3 Å². The number of aliphatic imine (C=N–C) groups is 1. The standard InChI is InChI=1S/C27H31NO7/c1-4-7-8-9-16-31-23-12-10-22(11-13-23)28-20-21-17-24(34-26(29)32-14-5-2)19-25(18-21)35-27(30)33-15-6-3/h5-6,10-13,17-20H,2-4,7-9,14-16H2,1H3. The van der Waals surface area contributed by atoms with E-state index in [1.165, 1.54) is 31.1 Å². The predicted octanol–water partition coefficient (Wildman–Crippen LogP) is 6.80. The van der Waals surface area contributed by atoms with E-state index in [2.05, 4.69) is 25.1 Å². The minimum absolute atomic E-state index is 0.00430. The smallest absolute Gasteiger partial charge is 0.494 e. The lowest BCUT2D eigenvalue weighted by Crippen LogP contribution is -2.12. The summed E-state index contributed by atoms with van der Waals surface area (Å²) in [5.41, 5.74) is 1.20. The van der Waals surface area contributed by atoms with E-state index < -0.39 is 12.3 Å². The molecule has 0 amide bonds. The van der Waals surface area contributed by atoms with Gasteiger partial charge in [0.15, 0.2) is 0 Å². The van der Waals surface area contributed by atoms with Crippen LogP contribution in [0.2, 0.25) is 0 Å². The Morgan fingerprint density at radius 2 is 1.43 bits per heavy atom. The van der Waals surface area contributed by atoms with Gasteiger partial charge in [-0.3, -0.25) is 4.99 Å². The largest absolute Gasteiger partial charge is 0.514 e. The van der Waals surface area contributed by atoms with Crippen LogP contribution in [0.5, 0.6) is 17.2 Å². The molecule has 0 atom stereocenters. The fraction of sp³-hybridized carbons (Fsp3) is 0.296. The second kappa shape index (κ2) is 15.7. The first-order chi connectivity index (χ1) is 17.0. The van der Waals surface area contributed by atoms with Gasteiger partial charge in [-0.2, -0.15) is 0 Å². The molecule has 0 aliphatic heterocycles. The lowest BCUT2D eigenvalue weighted by atomic mass is 10.2. The fourth-order valence-corrected chi connectivity index (χ4v) is 2.79. The van der Waals surface area contributed by atoms with Crippen molar-refractivity contribution in [3.63, 3.8) is 0 Å². The van der Waals surface area contributed by atoms with Gasteiger partial charge in [-0.1, -0.05) is 51.5 Å². The summed E-state index contributed by atoms with van der Waals surface area (Å²) in [7, 11) is 0. The van der Waals surface area contributed by atoms with Crippen LogP contribution in [0.25, 0.3) is 0 Å². The normalized spacial score (nSPS) is 10.4. The third-order valence-corrected chi connectivity index (χ3v) is 4.41. The van der Waals surface area contributed by atoms with Crippen molar-refractivity contribution in [3.05, 3.63) is 73.3 Å². The number of nitrogens with zero attached hydrogens (tertiary/aromatic N) is 1. The van der Waals surface area contributed by atoms with Crippen molar-refractivity contribution < 1.29 is 33.3 Å². The van der Waals surface area contributed by atoms with E-state index in [1.807, 2.05) is 24.3 Å². The molecular formula is C27H31NO7. The summed E-state index contributed by atoms with van der Waals surface area (Å²) in [6.07, 6.45) is 7.10. The minimum Gasteiger partial charge on any atom is -0.494 e. The van der Waals surface area contributed by atoms with Gasteiger partial charge in [-0.15, -0.1) is 0 Å². The Morgan fingerprint density at radius 3 is 1.97 bits per heavy atom. The number of hydrogen-bond acceptors (Lipinski definition) is 8. The maximum absolute atomic E-state index is 11.8. The van der Waals surface area contributed by atoms with Gasteiger partial charge in [-0.05, 0) is 42.8 Å². The molecule has 8 heteroatoms. The Hall–Kier alpha value is -4.07. The maximum atomic E-state index is 11.8. The molecule has 35 heavy (non-hydrogen) atoms. The van der Waals surface area contributed by atoms with Crippen molar-refractivity contribution in [1.82, 2.24) is 0 Å². The highest BCUT2D eigenvalue weighted by molar-refractivity contribution is 5.84. The molecule has 2 aromatic carbocycles. The molecule has 2 aromatic rings. The van der Waals surface area contributed by atoms with Crippen molar-refractivity contribution in [3.8, 4) is 17.2 Å². The molecule has 0 spiro atoms. The molecule has 0 bridgehead atoms. The highest BCUT2D eigenvalue weighted by Gasteiger charge is 2.12. The summed E-state index contributed by atoms with van der Waals surface area (Å²) < 4.78 is 25.7. The van der Waals surface area contributed by atoms with E-state index in [-0.39, 0.29) is 24.7 Å². The molecule has 2 rings (SSSR count). The van der Waals surface area contributed by atoms with Gasteiger partial charge in [-0.25, -0.2) is 9.59 Å². The van der Waals surface area contributed by atoms with Crippen LogP contribution >= 0.6 is 0 Å². The Balaban J connectivity index is 2.09. The minimum atomic E-state index is -0.926. The number of carbonyl (C=O) groups excluding carboxylic acids is 2. The first-order valence-electron chi connectivity index (χ1n) is 11.4. The Labute approximate surface area is 205 Å². The van der Waals surface area contributed by atoms with Gasteiger partial charge in [0.1, 0.15) is 30.5 Å². The summed E-state index contributed by atoms with van der Waals surface area (Å²) in [5, 5.41) is 0. The van der Waals surface area contributed by atoms with E-state index in [0.717, 1.165) is 18.6 Å². The molecule has 0 fully saturated rings. The summed E-state index contributed by atoms with van der Waals surface area (Å²) in [5.74, 6) is 0.977. The van der Waals surface area contributed by atoms with Gasteiger partial charge in [0, 0.05) is 17.8 Å². The van der Waals surface area contributed by atoms with E-state index >= 15 is 0 Å². The first kappa shape index (κ1) is 27.2. The third-order valence-electron chi connectivity index (χ3n) is 4.41. The quantitative estimate of drug-likeness (QED) is 0.0963. The summed E-state index contributed by atoms with van der Waals surface area (Å²) in [6, 6.07) is 11.8. The van der Waals surface area contributed by atoms with Crippen LogP contribution in [0.15, 0.2) is 72.8 Å². The number of rotatable bonds is 14. The van der Waals surface area contributed by atoms with Crippen molar-refractivity contribution >= 4 is 24.2 Å². The topological polar surface area (TPSA) is 92.7 Å².